The third-order valence-electron chi connectivity index (χ3n) is 4.56. The minimum absolute atomic E-state index is 1.00. The summed E-state index contributed by atoms with van der Waals surface area (Å²) in [6.45, 7) is 5.20. The summed E-state index contributed by atoms with van der Waals surface area (Å²) in [6, 6.07) is 13.7. The second-order valence-corrected chi connectivity index (χ2v) is 6.38. The molecule has 0 fully saturated rings. The van der Waals surface area contributed by atoms with Crippen molar-refractivity contribution in [3.05, 3.63) is 53.1 Å². The number of anilines is 3. The van der Waals surface area contributed by atoms with E-state index in [0.717, 1.165) is 19.8 Å². The molecule has 0 unspecified atom stereocenters. The van der Waals surface area contributed by atoms with Crippen LogP contribution in [0.2, 0.25) is 0 Å². The fourth-order valence-corrected chi connectivity index (χ4v) is 3.47. The van der Waals surface area contributed by atoms with Crippen molar-refractivity contribution in [2.24, 2.45) is 0 Å². The van der Waals surface area contributed by atoms with E-state index in [2.05, 4.69) is 72.1 Å². The van der Waals surface area contributed by atoms with Gasteiger partial charge in [0.2, 0.25) is 0 Å². The van der Waals surface area contributed by atoms with Crippen LogP contribution >= 0.6 is 0 Å². The van der Waals surface area contributed by atoms with Gasteiger partial charge in [-0.3, -0.25) is 0 Å². The van der Waals surface area contributed by atoms with Crippen LogP contribution in [-0.4, -0.2) is 20.8 Å². The topological polar surface area (TPSA) is 9.72 Å². The molecule has 0 aromatic heterocycles. The first kappa shape index (κ1) is 12.6. The average Bonchev–Trinajstić information content (AvgIpc) is 2.46. The van der Waals surface area contributed by atoms with Gasteiger partial charge in [0.15, 0.2) is 0 Å². The van der Waals surface area contributed by atoms with Gasteiger partial charge < -0.3 is 14.7 Å². The lowest BCUT2D eigenvalue weighted by Crippen LogP contribution is -2.46. The lowest BCUT2D eigenvalue weighted by atomic mass is 10.00. The minimum atomic E-state index is 1.00. The van der Waals surface area contributed by atoms with Crippen LogP contribution in [-0.2, 0) is 13.1 Å². The zero-order valence-corrected chi connectivity index (χ0v) is 12.9. The Hall–Kier alpha value is -2.16. The molecular weight excluding hydrogens is 258 g/mol. The second kappa shape index (κ2) is 4.42. The van der Waals surface area contributed by atoms with Gasteiger partial charge in [0.25, 0.3) is 0 Å². The molecule has 2 aliphatic rings. The van der Waals surface area contributed by atoms with E-state index < -0.39 is 0 Å². The Morgan fingerprint density at radius 3 is 2.14 bits per heavy atom. The maximum Gasteiger partial charge on any atom is 0.0910 e. The third-order valence-corrected chi connectivity index (χ3v) is 4.56. The molecule has 2 heterocycles. The summed E-state index contributed by atoms with van der Waals surface area (Å²) in [5, 5.41) is 0. The molecule has 2 aromatic rings. The van der Waals surface area contributed by atoms with Crippen molar-refractivity contribution in [2.75, 3.05) is 35.5 Å². The molecule has 3 nitrogen and oxygen atoms in total. The molecule has 0 saturated carbocycles. The van der Waals surface area contributed by atoms with Gasteiger partial charge in [-0.15, -0.1) is 0 Å². The molecule has 0 radical (unpaired) electrons. The van der Waals surface area contributed by atoms with Gasteiger partial charge in [0, 0.05) is 44.2 Å². The van der Waals surface area contributed by atoms with Crippen LogP contribution in [0.3, 0.4) is 0 Å². The van der Waals surface area contributed by atoms with Gasteiger partial charge in [-0.1, -0.05) is 17.7 Å². The largest absolute Gasteiger partial charge is 0.378 e. The van der Waals surface area contributed by atoms with Crippen LogP contribution in [0.1, 0.15) is 16.7 Å². The molecule has 0 saturated heterocycles. The fraction of sp³-hybridized carbons (Fsp3) is 0.333. The number of benzene rings is 2. The van der Waals surface area contributed by atoms with Crippen LogP contribution in [0.25, 0.3) is 0 Å². The van der Waals surface area contributed by atoms with Crippen LogP contribution in [0.15, 0.2) is 36.4 Å². The standard InChI is InChI=1S/C18H21N3/c1-13-4-6-17-14(8-13)10-20-12-21(17)11-15-9-16(19(2)3)5-7-18(15)20/h4-9H,10-12H2,1-3H3. The van der Waals surface area contributed by atoms with E-state index in [4.69, 9.17) is 0 Å². The maximum absolute atomic E-state index is 2.49. The molecule has 2 aromatic carbocycles. The average molecular weight is 279 g/mol. The highest BCUT2D eigenvalue weighted by molar-refractivity contribution is 5.70. The summed E-state index contributed by atoms with van der Waals surface area (Å²) in [5.41, 5.74) is 8.29. The zero-order chi connectivity index (χ0) is 14.6. The molecular formula is C18H21N3. The number of hydrogen-bond acceptors (Lipinski definition) is 3. The molecule has 0 atom stereocenters. The Balaban J connectivity index is 1.78. The smallest absolute Gasteiger partial charge is 0.0910 e. The molecule has 0 amide bonds. The first-order valence-corrected chi connectivity index (χ1v) is 7.51. The number of aryl methyl sites for hydroxylation is 1. The maximum atomic E-state index is 2.49. The van der Waals surface area contributed by atoms with E-state index in [1.807, 2.05) is 0 Å². The third kappa shape index (κ3) is 1.96. The van der Waals surface area contributed by atoms with Crippen molar-refractivity contribution in [1.29, 1.82) is 0 Å². The van der Waals surface area contributed by atoms with Crippen molar-refractivity contribution < 1.29 is 0 Å². The minimum Gasteiger partial charge on any atom is -0.378 e. The Labute approximate surface area is 126 Å². The highest BCUT2D eigenvalue weighted by Crippen LogP contribution is 2.39. The van der Waals surface area contributed by atoms with E-state index in [-0.39, 0.29) is 0 Å². The van der Waals surface area contributed by atoms with Crippen LogP contribution < -0.4 is 14.7 Å². The zero-order valence-electron chi connectivity index (χ0n) is 12.9. The van der Waals surface area contributed by atoms with Crippen LogP contribution in [0.4, 0.5) is 17.1 Å². The summed E-state index contributed by atoms with van der Waals surface area (Å²) in [7, 11) is 4.20. The lowest BCUT2D eigenvalue weighted by Gasteiger charge is -2.45. The Morgan fingerprint density at radius 1 is 0.857 bits per heavy atom. The van der Waals surface area contributed by atoms with Gasteiger partial charge in [0.05, 0.1) is 6.67 Å². The van der Waals surface area contributed by atoms with Crippen molar-refractivity contribution >= 4 is 17.1 Å². The molecule has 0 N–H and O–H groups in total. The van der Waals surface area contributed by atoms with Crippen molar-refractivity contribution in [2.45, 2.75) is 20.0 Å². The SMILES string of the molecule is Cc1ccc2c(c1)CN1CN2Cc2cc(N(C)C)ccc21. The Kier molecular flexibility index (Phi) is 2.64. The van der Waals surface area contributed by atoms with Gasteiger partial charge in [-0.25, -0.2) is 0 Å². The molecule has 108 valence electrons. The molecule has 0 spiro atoms. The predicted octanol–water partition coefficient (Wildman–Crippen LogP) is 3.36. The molecule has 3 heteroatoms. The van der Waals surface area contributed by atoms with E-state index in [1.54, 1.807) is 0 Å². The van der Waals surface area contributed by atoms with Gasteiger partial charge in [-0.05, 0) is 42.3 Å². The highest BCUT2D eigenvalue weighted by Gasteiger charge is 2.29. The van der Waals surface area contributed by atoms with Crippen LogP contribution in [0.5, 0.6) is 0 Å². The summed E-state index contributed by atoms with van der Waals surface area (Å²) < 4.78 is 0. The second-order valence-electron chi connectivity index (χ2n) is 6.38. The summed E-state index contributed by atoms with van der Waals surface area (Å²) in [4.78, 5) is 7.15. The summed E-state index contributed by atoms with van der Waals surface area (Å²) in [6.07, 6.45) is 0. The van der Waals surface area contributed by atoms with Crippen molar-refractivity contribution in [1.82, 2.24) is 0 Å². The van der Waals surface area contributed by atoms with Crippen LogP contribution in [0, 0.1) is 6.92 Å². The Bertz CT molecular complexity index is 706. The first-order chi connectivity index (χ1) is 10.1. The predicted molar refractivity (Wildman–Crippen MR) is 89.2 cm³/mol. The van der Waals surface area contributed by atoms with E-state index in [9.17, 15) is 0 Å². The molecule has 0 aliphatic carbocycles. The quantitative estimate of drug-likeness (QED) is 0.792. The number of hydrogen-bond donors (Lipinski definition) is 0. The van der Waals surface area contributed by atoms with E-state index >= 15 is 0 Å². The van der Waals surface area contributed by atoms with Gasteiger partial charge in [0.1, 0.15) is 0 Å². The summed E-state index contributed by atoms with van der Waals surface area (Å²) in [5.74, 6) is 0. The number of fused-ring (bicyclic) bond motifs is 6. The van der Waals surface area contributed by atoms with E-state index in [1.165, 1.54) is 33.8 Å². The summed E-state index contributed by atoms with van der Waals surface area (Å²) >= 11 is 0. The highest BCUT2D eigenvalue weighted by atomic mass is 15.4. The monoisotopic (exact) mass is 279 g/mol. The number of nitrogens with zero attached hydrogens (tertiary/aromatic N) is 3. The molecule has 21 heavy (non-hydrogen) atoms. The van der Waals surface area contributed by atoms with E-state index in [0.29, 0.717) is 0 Å². The number of rotatable bonds is 1. The molecule has 2 bridgehead atoms. The molecule has 4 rings (SSSR count). The van der Waals surface area contributed by atoms with Crippen molar-refractivity contribution in [3.8, 4) is 0 Å². The van der Waals surface area contributed by atoms with Crippen molar-refractivity contribution in [3.63, 3.8) is 0 Å². The fourth-order valence-electron chi connectivity index (χ4n) is 3.47. The first-order valence-electron chi connectivity index (χ1n) is 7.51. The molecule has 2 aliphatic heterocycles. The lowest BCUT2D eigenvalue weighted by molar-refractivity contribution is 0.650. The Morgan fingerprint density at radius 2 is 1.48 bits per heavy atom. The van der Waals surface area contributed by atoms with Gasteiger partial charge in [-0.2, -0.15) is 0 Å². The normalized spacial score (nSPS) is 15.6. The van der Waals surface area contributed by atoms with Gasteiger partial charge >= 0.3 is 0 Å².